The van der Waals surface area contributed by atoms with Crippen LogP contribution in [0.4, 0.5) is 4.39 Å². The molecule has 1 aliphatic rings. The van der Waals surface area contributed by atoms with Crippen LogP contribution in [0.15, 0.2) is 24.3 Å². The molecule has 2 N–H and O–H groups in total. The number of benzene rings is 1. The van der Waals surface area contributed by atoms with Crippen LogP contribution in [0, 0.1) is 23.6 Å². The highest BCUT2D eigenvalue weighted by atomic mass is 19.1. The Morgan fingerprint density at radius 2 is 1.85 bits per heavy atom. The minimum Gasteiger partial charge on any atom is -0.327 e. The minimum absolute atomic E-state index is 0.173. The molecular weight excluding hydrogens is 251 g/mol. The lowest BCUT2D eigenvalue weighted by atomic mass is 9.72. The maximum Gasteiger partial charge on any atom is 0.123 e. The first-order valence-electron chi connectivity index (χ1n) is 7.64. The maximum atomic E-state index is 12.9. The average Bonchev–Trinajstić information content (AvgIpc) is 2.36. The zero-order valence-electron chi connectivity index (χ0n) is 12.8. The Kier molecular flexibility index (Phi) is 5.17. The van der Waals surface area contributed by atoms with Gasteiger partial charge in [-0.3, -0.25) is 0 Å². The Bertz CT molecular complexity index is 406. The van der Waals surface area contributed by atoms with Crippen molar-refractivity contribution in [2.24, 2.45) is 23.5 Å². The minimum atomic E-state index is -0.173. The molecule has 0 radical (unpaired) electrons. The van der Waals surface area contributed by atoms with Crippen molar-refractivity contribution in [3.8, 4) is 0 Å². The summed E-state index contributed by atoms with van der Waals surface area (Å²) in [6.45, 7) is 6.50. The fourth-order valence-corrected chi connectivity index (χ4v) is 3.61. The molecule has 1 saturated carbocycles. The van der Waals surface area contributed by atoms with Crippen LogP contribution in [-0.4, -0.2) is 24.5 Å². The fraction of sp³-hybridized carbons (Fsp3) is 0.647. The van der Waals surface area contributed by atoms with Gasteiger partial charge in [0.05, 0.1) is 0 Å². The second-order valence-electron chi connectivity index (χ2n) is 6.70. The van der Waals surface area contributed by atoms with Crippen molar-refractivity contribution in [3.05, 3.63) is 35.6 Å². The average molecular weight is 278 g/mol. The predicted molar refractivity (Wildman–Crippen MR) is 81.8 cm³/mol. The molecule has 0 aromatic heterocycles. The summed E-state index contributed by atoms with van der Waals surface area (Å²) in [5.74, 6) is 1.83. The van der Waals surface area contributed by atoms with Gasteiger partial charge < -0.3 is 10.6 Å². The van der Waals surface area contributed by atoms with Gasteiger partial charge in [-0.1, -0.05) is 26.0 Å². The summed E-state index contributed by atoms with van der Waals surface area (Å²) < 4.78 is 12.9. The molecule has 1 fully saturated rings. The molecule has 0 bridgehead atoms. The second-order valence-corrected chi connectivity index (χ2v) is 6.70. The van der Waals surface area contributed by atoms with Crippen LogP contribution in [0.1, 0.15) is 32.3 Å². The number of rotatable bonds is 4. The van der Waals surface area contributed by atoms with Gasteiger partial charge in [-0.15, -0.1) is 0 Å². The highest BCUT2D eigenvalue weighted by Gasteiger charge is 2.32. The first kappa shape index (κ1) is 15.5. The molecule has 4 atom stereocenters. The first-order valence-corrected chi connectivity index (χ1v) is 7.64. The van der Waals surface area contributed by atoms with Crippen LogP contribution in [0.3, 0.4) is 0 Å². The van der Waals surface area contributed by atoms with E-state index >= 15 is 0 Å². The summed E-state index contributed by atoms with van der Waals surface area (Å²) in [5.41, 5.74) is 7.50. The van der Waals surface area contributed by atoms with Crippen LogP contribution >= 0.6 is 0 Å². The molecule has 3 heteroatoms. The van der Waals surface area contributed by atoms with Crippen LogP contribution in [0.5, 0.6) is 0 Å². The van der Waals surface area contributed by atoms with Crippen molar-refractivity contribution in [2.75, 3.05) is 13.6 Å². The number of hydrogen-bond donors (Lipinski definition) is 1. The summed E-state index contributed by atoms with van der Waals surface area (Å²) >= 11 is 0. The topological polar surface area (TPSA) is 29.3 Å². The molecule has 2 nitrogen and oxygen atoms in total. The molecule has 0 amide bonds. The van der Waals surface area contributed by atoms with Crippen LogP contribution < -0.4 is 5.73 Å². The van der Waals surface area contributed by atoms with Gasteiger partial charge in [0.15, 0.2) is 0 Å². The SMILES string of the molecule is CC1CC(C)C(CN(C)Cc2ccc(F)cc2)C(N)C1. The molecule has 0 saturated heterocycles. The number of nitrogens with zero attached hydrogens (tertiary/aromatic N) is 1. The summed E-state index contributed by atoms with van der Waals surface area (Å²) in [5, 5.41) is 0. The van der Waals surface area contributed by atoms with Crippen molar-refractivity contribution in [1.29, 1.82) is 0 Å². The highest BCUT2D eigenvalue weighted by Crippen LogP contribution is 2.33. The van der Waals surface area contributed by atoms with Crippen molar-refractivity contribution in [1.82, 2.24) is 4.90 Å². The molecule has 20 heavy (non-hydrogen) atoms. The molecule has 112 valence electrons. The monoisotopic (exact) mass is 278 g/mol. The summed E-state index contributed by atoms with van der Waals surface area (Å²) in [4.78, 5) is 2.31. The van der Waals surface area contributed by atoms with Crippen LogP contribution in [0.25, 0.3) is 0 Å². The first-order chi connectivity index (χ1) is 9.45. The lowest BCUT2D eigenvalue weighted by Crippen LogP contribution is -2.45. The van der Waals surface area contributed by atoms with E-state index in [-0.39, 0.29) is 5.82 Å². The van der Waals surface area contributed by atoms with E-state index in [1.54, 1.807) is 0 Å². The Hall–Kier alpha value is -0.930. The third-order valence-electron chi connectivity index (χ3n) is 4.62. The van der Waals surface area contributed by atoms with Gasteiger partial charge in [0, 0.05) is 19.1 Å². The Labute approximate surface area is 122 Å². The van der Waals surface area contributed by atoms with E-state index in [4.69, 9.17) is 5.73 Å². The molecule has 4 unspecified atom stereocenters. The quantitative estimate of drug-likeness (QED) is 0.916. The number of hydrogen-bond acceptors (Lipinski definition) is 2. The zero-order valence-corrected chi connectivity index (χ0v) is 12.8. The Morgan fingerprint density at radius 3 is 2.45 bits per heavy atom. The largest absolute Gasteiger partial charge is 0.327 e. The maximum absolute atomic E-state index is 12.9. The lowest BCUT2D eigenvalue weighted by molar-refractivity contribution is 0.127. The van der Waals surface area contributed by atoms with Gasteiger partial charge in [-0.05, 0) is 55.3 Å². The van der Waals surface area contributed by atoms with Crippen LogP contribution in [-0.2, 0) is 6.54 Å². The van der Waals surface area contributed by atoms with E-state index in [0.29, 0.717) is 17.9 Å². The van der Waals surface area contributed by atoms with Crippen molar-refractivity contribution in [3.63, 3.8) is 0 Å². The number of halogens is 1. The highest BCUT2D eigenvalue weighted by molar-refractivity contribution is 5.15. The zero-order chi connectivity index (χ0) is 14.7. The standard InChI is InChI=1S/C17H27FN2/c1-12-8-13(2)16(17(19)9-12)11-20(3)10-14-4-6-15(18)7-5-14/h4-7,12-13,16-17H,8-11,19H2,1-3H3. The molecule has 1 aromatic carbocycles. The van der Waals surface area contributed by atoms with E-state index in [0.717, 1.165) is 31.0 Å². The van der Waals surface area contributed by atoms with Gasteiger partial charge in [0.1, 0.15) is 5.82 Å². The third kappa shape index (κ3) is 4.03. The van der Waals surface area contributed by atoms with Crippen molar-refractivity contribution >= 4 is 0 Å². The van der Waals surface area contributed by atoms with E-state index in [9.17, 15) is 4.39 Å². The molecule has 0 aliphatic heterocycles. The van der Waals surface area contributed by atoms with Crippen molar-refractivity contribution in [2.45, 2.75) is 39.3 Å². The normalized spacial score (nSPS) is 30.7. The molecule has 0 heterocycles. The molecule has 2 rings (SSSR count). The smallest absolute Gasteiger partial charge is 0.123 e. The van der Waals surface area contributed by atoms with Gasteiger partial charge in [0.2, 0.25) is 0 Å². The van der Waals surface area contributed by atoms with Gasteiger partial charge in [0.25, 0.3) is 0 Å². The summed E-state index contributed by atoms with van der Waals surface area (Å²) in [6, 6.07) is 7.08. The molecule has 1 aliphatic carbocycles. The Morgan fingerprint density at radius 1 is 1.20 bits per heavy atom. The molecule has 1 aromatic rings. The second kappa shape index (κ2) is 6.68. The predicted octanol–water partition coefficient (Wildman–Crippen LogP) is 3.27. The fourth-order valence-electron chi connectivity index (χ4n) is 3.61. The Balaban J connectivity index is 1.90. The van der Waals surface area contributed by atoms with Crippen LogP contribution in [0.2, 0.25) is 0 Å². The van der Waals surface area contributed by atoms with E-state index in [1.165, 1.54) is 18.6 Å². The van der Waals surface area contributed by atoms with E-state index in [2.05, 4.69) is 25.8 Å². The van der Waals surface area contributed by atoms with Gasteiger partial charge in [-0.2, -0.15) is 0 Å². The third-order valence-corrected chi connectivity index (χ3v) is 4.62. The van der Waals surface area contributed by atoms with Gasteiger partial charge >= 0.3 is 0 Å². The van der Waals surface area contributed by atoms with Crippen molar-refractivity contribution < 1.29 is 4.39 Å². The van der Waals surface area contributed by atoms with E-state index in [1.807, 2.05) is 12.1 Å². The molecule has 0 spiro atoms. The number of nitrogens with two attached hydrogens (primary N) is 1. The van der Waals surface area contributed by atoms with E-state index < -0.39 is 0 Å². The van der Waals surface area contributed by atoms with Gasteiger partial charge in [-0.25, -0.2) is 4.39 Å². The summed E-state index contributed by atoms with van der Waals surface area (Å²) in [6.07, 6.45) is 2.42. The molecular formula is C17H27FN2. The lowest BCUT2D eigenvalue weighted by Gasteiger charge is -2.39. The summed E-state index contributed by atoms with van der Waals surface area (Å²) in [7, 11) is 2.13.